The van der Waals surface area contributed by atoms with Gasteiger partial charge in [-0.1, -0.05) is 18.6 Å². The van der Waals surface area contributed by atoms with Crippen LogP contribution in [0.2, 0.25) is 0 Å². The summed E-state index contributed by atoms with van der Waals surface area (Å²) in [6.07, 6.45) is 3.73. The van der Waals surface area contributed by atoms with Crippen LogP contribution in [0.3, 0.4) is 0 Å². The second kappa shape index (κ2) is 6.06. The third kappa shape index (κ3) is 2.91. The zero-order valence-corrected chi connectivity index (χ0v) is 12.8. The molecular formula is C17H24N2O2. The maximum atomic E-state index is 12.5. The maximum Gasteiger partial charge on any atom is 0.237 e. The molecule has 2 N–H and O–H groups in total. The lowest BCUT2D eigenvalue weighted by Crippen LogP contribution is -2.44. The molecule has 1 saturated carbocycles. The van der Waals surface area contributed by atoms with Crippen LogP contribution in [0.25, 0.3) is 0 Å². The highest BCUT2D eigenvalue weighted by molar-refractivity contribution is 5.83. The van der Waals surface area contributed by atoms with Gasteiger partial charge in [-0.05, 0) is 55.8 Å². The van der Waals surface area contributed by atoms with Gasteiger partial charge in [-0.3, -0.25) is 4.79 Å². The molecule has 2 aliphatic rings. The highest BCUT2D eigenvalue weighted by atomic mass is 16.5. The number of methoxy groups -OCH3 is 1. The van der Waals surface area contributed by atoms with Crippen molar-refractivity contribution < 1.29 is 9.53 Å². The SMILES string of the molecule is COc1ccc(C(C)NC(=O)C2NCC3CCCC32)cc1. The number of nitrogens with one attached hydrogen (secondary N) is 2. The molecule has 1 aliphatic heterocycles. The topological polar surface area (TPSA) is 50.4 Å². The van der Waals surface area contributed by atoms with Gasteiger partial charge < -0.3 is 15.4 Å². The fourth-order valence-electron chi connectivity index (χ4n) is 3.75. The van der Waals surface area contributed by atoms with Gasteiger partial charge in [0, 0.05) is 0 Å². The van der Waals surface area contributed by atoms with Crippen molar-refractivity contribution in [3.63, 3.8) is 0 Å². The standard InChI is InChI=1S/C17H24N2O2/c1-11(12-6-8-14(21-2)9-7-12)19-17(20)16-15-5-3-4-13(15)10-18-16/h6-9,11,13,15-16,18H,3-5,10H2,1-2H3,(H,19,20). The Morgan fingerprint density at radius 1 is 1.33 bits per heavy atom. The second-order valence-electron chi connectivity index (χ2n) is 6.24. The van der Waals surface area contributed by atoms with Crippen LogP contribution in [-0.4, -0.2) is 25.6 Å². The van der Waals surface area contributed by atoms with E-state index in [1.807, 2.05) is 31.2 Å². The van der Waals surface area contributed by atoms with Gasteiger partial charge >= 0.3 is 0 Å². The smallest absolute Gasteiger partial charge is 0.237 e. The minimum Gasteiger partial charge on any atom is -0.497 e. The van der Waals surface area contributed by atoms with Crippen LogP contribution in [-0.2, 0) is 4.79 Å². The number of ether oxygens (including phenoxy) is 1. The van der Waals surface area contributed by atoms with Gasteiger partial charge in [0.25, 0.3) is 0 Å². The Hall–Kier alpha value is -1.55. The van der Waals surface area contributed by atoms with Gasteiger partial charge in [-0.25, -0.2) is 0 Å². The molecule has 0 spiro atoms. The van der Waals surface area contributed by atoms with Gasteiger partial charge in [-0.2, -0.15) is 0 Å². The molecule has 4 unspecified atom stereocenters. The van der Waals surface area contributed by atoms with Crippen molar-refractivity contribution in [1.29, 1.82) is 0 Å². The minimum atomic E-state index is -0.00167. The summed E-state index contributed by atoms with van der Waals surface area (Å²) >= 11 is 0. The van der Waals surface area contributed by atoms with Crippen LogP contribution in [0, 0.1) is 11.8 Å². The van der Waals surface area contributed by atoms with Crippen molar-refractivity contribution >= 4 is 5.91 Å². The second-order valence-corrected chi connectivity index (χ2v) is 6.24. The molecule has 3 rings (SSSR count). The molecule has 0 aromatic heterocycles. The van der Waals surface area contributed by atoms with Gasteiger partial charge in [0.1, 0.15) is 5.75 Å². The molecule has 0 radical (unpaired) electrons. The summed E-state index contributed by atoms with van der Waals surface area (Å²) in [6.45, 7) is 3.03. The first-order valence-electron chi connectivity index (χ1n) is 7.86. The van der Waals surface area contributed by atoms with Crippen LogP contribution in [0.1, 0.15) is 37.8 Å². The zero-order chi connectivity index (χ0) is 14.8. The predicted octanol–water partition coefficient (Wildman–Crippen LogP) is 2.26. The molecule has 1 saturated heterocycles. The van der Waals surface area contributed by atoms with E-state index in [2.05, 4.69) is 10.6 Å². The lowest BCUT2D eigenvalue weighted by molar-refractivity contribution is -0.124. The average molecular weight is 288 g/mol. The fourth-order valence-corrected chi connectivity index (χ4v) is 3.75. The number of hydrogen-bond acceptors (Lipinski definition) is 3. The van der Waals surface area contributed by atoms with Crippen LogP contribution in [0.4, 0.5) is 0 Å². The lowest BCUT2D eigenvalue weighted by atomic mass is 9.93. The van der Waals surface area contributed by atoms with E-state index in [0.29, 0.717) is 11.8 Å². The van der Waals surface area contributed by atoms with Crippen LogP contribution < -0.4 is 15.4 Å². The number of carbonyl (C=O) groups excluding carboxylic acids is 1. The predicted molar refractivity (Wildman–Crippen MR) is 82.2 cm³/mol. The third-order valence-corrected chi connectivity index (χ3v) is 5.00. The van der Waals surface area contributed by atoms with Crippen molar-refractivity contribution in [3.05, 3.63) is 29.8 Å². The van der Waals surface area contributed by atoms with Crippen molar-refractivity contribution in [1.82, 2.24) is 10.6 Å². The molecule has 4 nitrogen and oxygen atoms in total. The van der Waals surface area contributed by atoms with Gasteiger partial charge in [0.05, 0.1) is 19.2 Å². The monoisotopic (exact) mass is 288 g/mol. The molecule has 114 valence electrons. The Balaban J connectivity index is 1.61. The minimum absolute atomic E-state index is 0.00167. The number of rotatable bonds is 4. The molecule has 1 aromatic rings. The van der Waals surface area contributed by atoms with E-state index in [1.165, 1.54) is 19.3 Å². The first kappa shape index (κ1) is 14.4. The molecule has 2 fully saturated rings. The highest BCUT2D eigenvalue weighted by Gasteiger charge is 2.42. The quantitative estimate of drug-likeness (QED) is 0.893. The van der Waals surface area contributed by atoms with Crippen molar-refractivity contribution in [3.8, 4) is 5.75 Å². The summed E-state index contributed by atoms with van der Waals surface area (Å²) in [5.74, 6) is 2.22. The Labute approximate surface area is 126 Å². The van der Waals surface area contributed by atoms with E-state index < -0.39 is 0 Å². The number of hydrogen-bond donors (Lipinski definition) is 2. The Kier molecular flexibility index (Phi) is 4.15. The summed E-state index contributed by atoms with van der Waals surface area (Å²) in [5.41, 5.74) is 1.10. The molecule has 1 aromatic carbocycles. The van der Waals surface area contributed by atoms with Crippen molar-refractivity contribution in [2.75, 3.05) is 13.7 Å². The van der Waals surface area contributed by atoms with Crippen LogP contribution in [0.5, 0.6) is 5.75 Å². The molecule has 0 bridgehead atoms. The van der Waals surface area contributed by atoms with Gasteiger partial charge in [0.2, 0.25) is 5.91 Å². The number of fused-ring (bicyclic) bond motifs is 1. The van der Waals surface area contributed by atoms with Crippen molar-refractivity contribution in [2.45, 2.75) is 38.3 Å². The molecule has 21 heavy (non-hydrogen) atoms. The zero-order valence-electron chi connectivity index (χ0n) is 12.8. The Morgan fingerprint density at radius 2 is 2.10 bits per heavy atom. The molecule has 1 heterocycles. The lowest BCUT2D eigenvalue weighted by Gasteiger charge is -2.21. The summed E-state index contributed by atoms with van der Waals surface area (Å²) < 4.78 is 5.16. The Bertz CT molecular complexity index is 500. The van der Waals surface area contributed by atoms with Gasteiger partial charge in [-0.15, -0.1) is 0 Å². The van der Waals surface area contributed by atoms with E-state index in [9.17, 15) is 4.79 Å². The van der Waals surface area contributed by atoms with Gasteiger partial charge in [0.15, 0.2) is 0 Å². The number of amides is 1. The normalized spacial score (nSPS) is 29.0. The Morgan fingerprint density at radius 3 is 2.81 bits per heavy atom. The third-order valence-electron chi connectivity index (χ3n) is 5.00. The molecule has 4 atom stereocenters. The first-order valence-corrected chi connectivity index (χ1v) is 7.86. The summed E-state index contributed by atoms with van der Waals surface area (Å²) in [4.78, 5) is 12.5. The van der Waals surface area contributed by atoms with Crippen LogP contribution in [0.15, 0.2) is 24.3 Å². The van der Waals surface area contributed by atoms with Crippen molar-refractivity contribution in [2.24, 2.45) is 11.8 Å². The molecule has 1 amide bonds. The molecule has 1 aliphatic carbocycles. The molecular weight excluding hydrogens is 264 g/mol. The number of carbonyl (C=O) groups is 1. The first-order chi connectivity index (χ1) is 10.2. The van der Waals surface area contributed by atoms with E-state index in [1.54, 1.807) is 7.11 Å². The van der Waals surface area contributed by atoms with E-state index in [-0.39, 0.29) is 18.0 Å². The summed E-state index contributed by atoms with van der Waals surface area (Å²) in [5, 5.41) is 6.55. The van der Waals surface area contributed by atoms with E-state index in [0.717, 1.165) is 17.9 Å². The average Bonchev–Trinajstić information content (AvgIpc) is 3.09. The largest absolute Gasteiger partial charge is 0.497 e. The summed E-state index contributed by atoms with van der Waals surface area (Å²) in [7, 11) is 1.66. The molecule has 4 heteroatoms. The fraction of sp³-hybridized carbons (Fsp3) is 0.588. The van der Waals surface area contributed by atoms with E-state index >= 15 is 0 Å². The van der Waals surface area contributed by atoms with Crippen LogP contribution >= 0.6 is 0 Å². The maximum absolute atomic E-state index is 12.5. The number of benzene rings is 1. The highest BCUT2D eigenvalue weighted by Crippen LogP contribution is 2.37. The van der Waals surface area contributed by atoms with E-state index in [4.69, 9.17) is 4.74 Å². The summed E-state index contributed by atoms with van der Waals surface area (Å²) in [6, 6.07) is 7.88.